The molecule has 1 aliphatic rings. The summed E-state index contributed by atoms with van der Waals surface area (Å²) in [5.41, 5.74) is 2.50. The Labute approximate surface area is 177 Å². The molecule has 6 heteroatoms. The Hall–Kier alpha value is -1.54. The number of anilines is 1. The van der Waals surface area contributed by atoms with Crippen molar-refractivity contribution in [2.24, 2.45) is 4.99 Å². The number of guanidine groups is 1. The van der Waals surface area contributed by atoms with Crippen LogP contribution in [0.3, 0.4) is 0 Å². The van der Waals surface area contributed by atoms with Crippen molar-refractivity contribution in [2.75, 3.05) is 24.5 Å². The number of thiophene rings is 1. The quantitative estimate of drug-likeness (QED) is 0.279. The first-order chi connectivity index (χ1) is 12.2. The zero-order valence-electron chi connectivity index (χ0n) is 15.4. The molecule has 2 N–H and O–H groups in total. The van der Waals surface area contributed by atoms with Crippen molar-refractivity contribution >= 4 is 47.0 Å². The topological polar surface area (TPSA) is 39.7 Å². The number of halogens is 1. The fourth-order valence-electron chi connectivity index (χ4n) is 2.80. The number of aliphatic imine (C=N–C) groups is 1. The first kappa shape index (κ1) is 20.8. The van der Waals surface area contributed by atoms with Crippen LogP contribution in [0.4, 0.5) is 5.69 Å². The molecule has 0 amide bonds. The van der Waals surface area contributed by atoms with Crippen molar-refractivity contribution in [2.45, 2.75) is 26.9 Å². The number of aryl methyl sites for hydroxylation is 1. The third kappa shape index (κ3) is 6.02. The van der Waals surface area contributed by atoms with Gasteiger partial charge in [-0.15, -0.1) is 35.3 Å². The number of nitrogens with zero attached hydrogens (tertiary/aromatic N) is 2. The standard InChI is InChI=1S/C20H26N4S.HI/c1-3-21-20(23-15-19-10-9-16(2)25-19)22-14-17-7-6-8-18(13-17)24-11-4-5-12-24;/h4-10,13H,3,11-12,14-15H2,1-2H3,(H2,21,22,23);1H. The van der Waals surface area contributed by atoms with Crippen LogP contribution in [0.1, 0.15) is 22.2 Å². The van der Waals surface area contributed by atoms with Gasteiger partial charge in [0.25, 0.3) is 0 Å². The van der Waals surface area contributed by atoms with Gasteiger partial charge in [-0.05, 0) is 43.7 Å². The molecule has 0 saturated carbocycles. The van der Waals surface area contributed by atoms with E-state index in [4.69, 9.17) is 4.99 Å². The highest BCUT2D eigenvalue weighted by molar-refractivity contribution is 14.0. The highest BCUT2D eigenvalue weighted by Crippen LogP contribution is 2.19. The molecule has 3 rings (SSSR count). The van der Waals surface area contributed by atoms with Gasteiger partial charge in [-0.2, -0.15) is 0 Å². The monoisotopic (exact) mass is 482 g/mol. The third-order valence-electron chi connectivity index (χ3n) is 4.08. The Kier molecular flexibility index (Phi) is 8.44. The molecule has 0 fully saturated rings. The lowest BCUT2D eigenvalue weighted by Crippen LogP contribution is -2.36. The van der Waals surface area contributed by atoms with E-state index >= 15 is 0 Å². The lowest BCUT2D eigenvalue weighted by atomic mass is 10.2. The van der Waals surface area contributed by atoms with Crippen molar-refractivity contribution in [1.82, 2.24) is 10.6 Å². The summed E-state index contributed by atoms with van der Waals surface area (Å²) in [5.74, 6) is 0.863. The molecule has 0 aliphatic carbocycles. The van der Waals surface area contributed by atoms with E-state index in [1.807, 2.05) is 11.3 Å². The molecule has 0 atom stereocenters. The molecule has 1 aromatic heterocycles. The smallest absolute Gasteiger partial charge is 0.191 e. The fourth-order valence-corrected chi connectivity index (χ4v) is 3.63. The maximum absolute atomic E-state index is 4.74. The van der Waals surface area contributed by atoms with Gasteiger partial charge >= 0.3 is 0 Å². The van der Waals surface area contributed by atoms with E-state index in [9.17, 15) is 0 Å². The number of nitrogens with one attached hydrogen (secondary N) is 2. The van der Waals surface area contributed by atoms with Gasteiger partial charge in [0.1, 0.15) is 0 Å². The zero-order valence-corrected chi connectivity index (χ0v) is 18.5. The Morgan fingerprint density at radius 1 is 1.15 bits per heavy atom. The van der Waals surface area contributed by atoms with Gasteiger partial charge < -0.3 is 15.5 Å². The highest BCUT2D eigenvalue weighted by atomic mass is 127. The third-order valence-corrected chi connectivity index (χ3v) is 5.08. The van der Waals surface area contributed by atoms with Crippen molar-refractivity contribution in [3.63, 3.8) is 0 Å². The molecule has 0 radical (unpaired) electrons. The molecule has 1 aromatic carbocycles. The SMILES string of the molecule is CCNC(=NCc1cccc(N2CC=CC2)c1)NCc1ccc(C)s1.I. The predicted octanol–water partition coefficient (Wildman–Crippen LogP) is 4.31. The molecule has 2 aromatic rings. The molecule has 1 aliphatic heterocycles. The van der Waals surface area contributed by atoms with Gasteiger partial charge in [-0.1, -0.05) is 24.3 Å². The number of benzene rings is 1. The molecule has 140 valence electrons. The Balaban J connectivity index is 0.00000243. The second-order valence-corrected chi connectivity index (χ2v) is 7.48. The molecular formula is C20H27IN4S. The summed E-state index contributed by atoms with van der Waals surface area (Å²) in [5, 5.41) is 6.74. The summed E-state index contributed by atoms with van der Waals surface area (Å²) in [4.78, 5) is 9.76. The van der Waals surface area contributed by atoms with E-state index in [2.05, 4.69) is 77.9 Å². The largest absolute Gasteiger partial charge is 0.364 e. The van der Waals surface area contributed by atoms with Crippen LogP contribution in [0.15, 0.2) is 53.5 Å². The molecular weight excluding hydrogens is 455 g/mol. The second kappa shape index (κ2) is 10.6. The van der Waals surface area contributed by atoms with Crippen LogP contribution in [-0.2, 0) is 13.1 Å². The minimum absolute atomic E-state index is 0. The van der Waals surface area contributed by atoms with Gasteiger partial charge in [0.2, 0.25) is 0 Å². The van der Waals surface area contributed by atoms with Crippen LogP contribution < -0.4 is 15.5 Å². The van der Waals surface area contributed by atoms with Crippen molar-refractivity contribution in [3.8, 4) is 0 Å². The summed E-state index contributed by atoms with van der Waals surface area (Å²) in [6.45, 7) is 8.56. The molecule has 0 spiro atoms. The van der Waals surface area contributed by atoms with Gasteiger partial charge in [-0.25, -0.2) is 4.99 Å². The Morgan fingerprint density at radius 3 is 2.65 bits per heavy atom. The highest BCUT2D eigenvalue weighted by Gasteiger charge is 2.08. The molecule has 26 heavy (non-hydrogen) atoms. The van der Waals surface area contributed by atoms with E-state index in [0.29, 0.717) is 6.54 Å². The normalized spacial score (nSPS) is 13.6. The lowest BCUT2D eigenvalue weighted by molar-refractivity contribution is 0.823. The van der Waals surface area contributed by atoms with E-state index in [-0.39, 0.29) is 24.0 Å². The van der Waals surface area contributed by atoms with Gasteiger partial charge in [0, 0.05) is 35.1 Å². The van der Waals surface area contributed by atoms with Gasteiger partial charge in [0.15, 0.2) is 5.96 Å². The summed E-state index contributed by atoms with van der Waals surface area (Å²) in [6, 6.07) is 13.0. The average Bonchev–Trinajstić information content (AvgIpc) is 3.29. The van der Waals surface area contributed by atoms with Crippen molar-refractivity contribution in [1.29, 1.82) is 0 Å². The second-order valence-electron chi connectivity index (χ2n) is 6.11. The number of hydrogen-bond donors (Lipinski definition) is 2. The maximum atomic E-state index is 4.74. The van der Waals surface area contributed by atoms with E-state index in [1.165, 1.54) is 21.0 Å². The average molecular weight is 482 g/mol. The Bertz CT molecular complexity index is 746. The minimum atomic E-state index is 0. The van der Waals surface area contributed by atoms with Crippen LogP contribution in [-0.4, -0.2) is 25.6 Å². The summed E-state index contributed by atoms with van der Waals surface area (Å²) < 4.78 is 0. The van der Waals surface area contributed by atoms with E-state index in [1.54, 1.807) is 0 Å². The zero-order chi connectivity index (χ0) is 17.5. The molecule has 4 nitrogen and oxygen atoms in total. The first-order valence-corrected chi connectivity index (χ1v) is 9.62. The van der Waals surface area contributed by atoms with E-state index in [0.717, 1.165) is 32.1 Å². The molecule has 0 unspecified atom stereocenters. The van der Waals surface area contributed by atoms with Crippen LogP contribution in [0.2, 0.25) is 0 Å². The predicted molar refractivity (Wildman–Crippen MR) is 124 cm³/mol. The van der Waals surface area contributed by atoms with Gasteiger partial charge in [-0.3, -0.25) is 0 Å². The van der Waals surface area contributed by atoms with Crippen LogP contribution in [0.25, 0.3) is 0 Å². The van der Waals surface area contributed by atoms with Crippen molar-refractivity contribution < 1.29 is 0 Å². The van der Waals surface area contributed by atoms with Gasteiger partial charge in [0.05, 0.1) is 13.1 Å². The summed E-state index contributed by atoms with van der Waals surface area (Å²) in [6.07, 6.45) is 4.43. The minimum Gasteiger partial charge on any atom is -0.364 e. The lowest BCUT2D eigenvalue weighted by Gasteiger charge is -2.18. The number of rotatable bonds is 6. The van der Waals surface area contributed by atoms with E-state index < -0.39 is 0 Å². The van der Waals surface area contributed by atoms with Crippen LogP contribution >= 0.6 is 35.3 Å². The molecule has 0 saturated heterocycles. The van der Waals surface area contributed by atoms with Crippen molar-refractivity contribution in [3.05, 3.63) is 63.9 Å². The fraction of sp³-hybridized carbons (Fsp3) is 0.350. The van der Waals surface area contributed by atoms with Crippen LogP contribution in [0, 0.1) is 6.92 Å². The molecule has 0 bridgehead atoms. The van der Waals surface area contributed by atoms with Crippen LogP contribution in [0.5, 0.6) is 0 Å². The maximum Gasteiger partial charge on any atom is 0.191 e. The Morgan fingerprint density at radius 2 is 1.96 bits per heavy atom. The summed E-state index contributed by atoms with van der Waals surface area (Å²) >= 11 is 1.82. The summed E-state index contributed by atoms with van der Waals surface area (Å²) in [7, 11) is 0. The molecule has 2 heterocycles. The number of hydrogen-bond acceptors (Lipinski definition) is 3. The first-order valence-electron chi connectivity index (χ1n) is 8.81.